The van der Waals surface area contributed by atoms with Gasteiger partial charge in [0.1, 0.15) is 31.2 Å². The van der Waals surface area contributed by atoms with Crippen molar-refractivity contribution in [2.75, 3.05) is 13.7 Å². The Morgan fingerprint density at radius 1 is 1.31 bits per heavy atom. The second-order valence-electron chi connectivity index (χ2n) is 6.21. The fourth-order valence-electron chi connectivity index (χ4n) is 2.92. The average molecular weight is 411 g/mol. The molecule has 158 valence electrons. The van der Waals surface area contributed by atoms with Gasteiger partial charge in [-0.3, -0.25) is 24.5 Å². The highest BCUT2D eigenvalue weighted by atomic mass is 16.7. The van der Waals surface area contributed by atoms with Crippen molar-refractivity contribution < 1.29 is 43.0 Å². The highest BCUT2D eigenvalue weighted by Crippen LogP contribution is 2.32. The molecule has 4 atom stereocenters. The third kappa shape index (κ3) is 5.96. The molecule has 0 amide bonds. The molecule has 0 aliphatic carbocycles. The van der Waals surface area contributed by atoms with Gasteiger partial charge in [-0.05, 0) is 12.1 Å². The van der Waals surface area contributed by atoms with Crippen molar-refractivity contribution in [2.45, 2.75) is 44.9 Å². The number of aldehydes is 1. The Kier molecular flexibility index (Phi) is 7.62. The number of esters is 2. The Morgan fingerprint density at radius 2 is 2.03 bits per heavy atom. The number of nitro benzene ring substituents is 1. The quantitative estimate of drug-likeness (QED) is 0.267. The summed E-state index contributed by atoms with van der Waals surface area (Å²) in [7, 11) is 1.38. The molecule has 0 N–H and O–H groups in total. The normalized spacial score (nSPS) is 23.7. The molecule has 0 saturated carbocycles. The number of rotatable bonds is 8. The van der Waals surface area contributed by atoms with Crippen LogP contribution >= 0.6 is 0 Å². The van der Waals surface area contributed by atoms with Gasteiger partial charge in [0.2, 0.25) is 6.29 Å². The van der Waals surface area contributed by atoms with Crippen molar-refractivity contribution in [1.82, 2.24) is 0 Å². The smallest absolute Gasteiger partial charge is 0.311 e. The molecule has 4 unspecified atom stereocenters. The Morgan fingerprint density at radius 3 is 2.59 bits per heavy atom. The number of carbonyl (C=O) groups is 3. The predicted molar refractivity (Wildman–Crippen MR) is 95.4 cm³/mol. The monoisotopic (exact) mass is 411 g/mol. The van der Waals surface area contributed by atoms with Crippen LogP contribution in [0, 0.1) is 10.1 Å². The summed E-state index contributed by atoms with van der Waals surface area (Å²) in [6.07, 6.45) is -2.97. The third-order valence-electron chi connectivity index (χ3n) is 4.10. The summed E-state index contributed by atoms with van der Waals surface area (Å²) in [5.41, 5.74) is -0.314. The zero-order valence-electron chi connectivity index (χ0n) is 16.1. The zero-order valence-corrected chi connectivity index (χ0v) is 16.1. The fourth-order valence-corrected chi connectivity index (χ4v) is 2.92. The van der Waals surface area contributed by atoms with Gasteiger partial charge in [-0.25, -0.2) is 0 Å². The minimum absolute atomic E-state index is 0.0151. The highest BCUT2D eigenvalue weighted by molar-refractivity contribution is 5.77. The Labute approximate surface area is 166 Å². The van der Waals surface area contributed by atoms with Crippen LogP contribution in [0.4, 0.5) is 5.69 Å². The second-order valence-corrected chi connectivity index (χ2v) is 6.21. The summed E-state index contributed by atoms with van der Waals surface area (Å²) in [6.45, 7) is 2.25. The topological polar surface area (TPSA) is 140 Å². The van der Waals surface area contributed by atoms with E-state index in [4.69, 9.17) is 23.7 Å². The maximum atomic E-state index is 11.5. The molecule has 11 nitrogen and oxygen atoms in total. The molecular weight excluding hydrogens is 390 g/mol. The molecule has 2 rings (SSSR count). The first-order valence-electron chi connectivity index (χ1n) is 8.64. The van der Waals surface area contributed by atoms with Crippen molar-refractivity contribution in [2.24, 2.45) is 0 Å². The van der Waals surface area contributed by atoms with Gasteiger partial charge in [-0.2, -0.15) is 0 Å². The first-order valence-corrected chi connectivity index (χ1v) is 8.64. The van der Waals surface area contributed by atoms with Crippen LogP contribution in [0.3, 0.4) is 0 Å². The highest BCUT2D eigenvalue weighted by Gasteiger charge is 2.43. The van der Waals surface area contributed by atoms with Crippen molar-refractivity contribution in [3.05, 3.63) is 33.9 Å². The maximum Gasteiger partial charge on any atom is 0.311 e. The van der Waals surface area contributed by atoms with Gasteiger partial charge in [-0.15, -0.1) is 0 Å². The van der Waals surface area contributed by atoms with Gasteiger partial charge >= 0.3 is 17.6 Å². The van der Waals surface area contributed by atoms with Crippen molar-refractivity contribution >= 4 is 23.9 Å². The summed E-state index contributed by atoms with van der Waals surface area (Å²) in [5.74, 6) is -1.24. The van der Waals surface area contributed by atoms with E-state index in [0.29, 0.717) is 6.29 Å². The van der Waals surface area contributed by atoms with E-state index in [9.17, 15) is 24.5 Å². The Hall–Kier alpha value is -3.05. The summed E-state index contributed by atoms with van der Waals surface area (Å²) in [6, 6.07) is 3.70. The van der Waals surface area contributed by atoms with E-state index in [1.807, 2.05) is 0 Å². The van der Waals surface area contributed by atoms with Crippen molar-refractivity contribution in [3.63, 3.8) is 0 Å². The molecule has 0 radical (unpaired) electrons. The molecule has 0 spiro atoms. The van der Waals surface area contributed by atoms with Crippen LogP contribution in [0.15, 0.2) is 18.2 Å². The molecule has 1 heterocycles. The first-order chi connectivity index (χ1) is 13.7. The summed E-state index contributed by atoms with van der Waals surface area (Å²) in [5, 5.41) is 11.3. The molecule has 1 aliphatic rings. The first kappa shape index (κ1) is 22.2. The van der Waals surface area contributed by atoms with E-state index in [-0.39, 0.29) is 24.3 Å². The number of hydrogen-bond donors (Lipinski definition) is 0. The molecule has 29 heavy (non-hydrogen) atoms. The van der Waals surface area contributed by atoms with Crippen LogP contribution in [-0.2, 0) is 28.5 Å². The lowest BCUT2D eigenvalue weighted by Crippen LogP contribution is -2.54. The average Bonchev–Trinajstić information content (AvgIpc) is 2.65. The lowest BCUT2D eigenvalue weighted by Gasteiger charge is -2.39. The molecule has 1 aromatic rings. The van der Waals surface area contributed by atoms with Crippen LogP contribution in [-0.4, -0.2) is 61.5 Å². The van der Waals surface area contributed by atoms with Gasteiger partial charge in [0.25, 0.3) is 0 Å². The van der Waals surface area contributed by atoms with Gasteiger partial charge in [-0.1, -0.05) is 0 Å². The predicted octanol–water partition coefficient (Wildman–Crippen LogP) is 1.41. The summed E-state index contributed by atoms with van der Waals surface area (Å²) < 4.78 is 26.9. The summed E-state index contributed by atoms with van der Waals surface area (Å²) >= 11 is 0. The number of hydrogen-bond acceptors (Lipinski definition) is 10. The van der Waals surface area contributed by atoms with Crippen molar-refractivity contribution in [3.8, 4) is 5.75 Å². The van der Waals surface area contributed by atoms with Crippen molar-refractivity contribution in [1.29, 1.82) is 0 Å². The number of methoxy groups -OCH3 is 1. The molecule has 1 saturated heterocycles. The second kappa shape index (κ2) is 9.94. The molecule has 1 aromatic carbocycles. The molecule has 11 heteroatoms. The lowest BCUT2D eigenvalue weighted by molar-refractivity contribution is -0.386. The van der Waals surface area contributed by atoms with E-state index in [0.717, 1.165) is 6.07 Å². The zero-order chi connectivity index (χ0) is 21.6. The SMILES string of the molecule is COC1C(OC(C)=O)CC(Oc2ccc(C=O)cc2[N+](=O)[O-])OC1COC(C)=O. The maximum absolute atomic E-state index is 11.5. The Bertz CT molecular complexity index is 780. The number of nitrogens with zero attached hydrogens (tertiary/aromatic N) is 1. The van der Waals surface area contributed by atoms with Crippen LogP contribution < -0.4 is 4.74 Å². The number of carbonyl (C=O) groups excluding carboxylic acids is 3. The minimum Gasteiger partial charge on any atom is -0.463 e. The number of nitro groups is 1. The molecule has 0 bridgehead atoms. The standard InChI is InChI=1S/C18H21NO10/c1-10(21)26-9-16-18(25-3)15(27-11(2)22)7-17(29-16)28-14-5-4-12(8-20)6-13(14)19(23)24/h4-6,8,15-18H,7,9H2,1-3H3. The van der Waals surface area contributed by atoms with Gasteiger partial charge in [0.15, 0.2) is 5.75 Å². The van der Waals surface area contributed by atoms with Crippen LogP contribution in [0.2, 0.25) is 0 Å². The van der Waals surface area contributed by atoms with Crippen LogP contribution in [0.5, 0.6) is 5.75 Å². The van der Waals surface area contributed by atoms with E-state index in [2.05, 4.69) is 0 Å². The minimum atomic E-state index is -1.06. The van der Waals surface area contributed by atoms with E-state index >= 15 is 0 Å². The van der Waals surface area contributed by atoms with Crippen LogP contribution in [0.25, 0.3) is 0 Å². The van der Waals surface area contributed by atoms with E-state index in [1.54, 1.807) is 0 Å². The number of ether oxygens (including phenoxy) is 5. The molecule has 1 aliphatic heterocycles. The lowest BCUT2D eigenvalue weighted by atomic mass is 10.0. The van der Waals surface area contributed by atoms with Gasteiger partial charge in [0.05, 0.1) is 4.92 Å². The van der Waals surface area contributed by atoms with E-state index < -0.39 is 47.2 Å². The van der Waals surface area contributed by atoms with E-state index in [1.165, 1.54) is 33.1 Å². The molecular formula is C18H21NO10. The van der Waals surface area contributed by atoms with Crippen LogP contribution in [0.1, 0.15) is 30.6 Å². The summed E-state index contributed by atoms with van der Waals surface area (Å²) in [4.78, 5) is 44.1. The molecule has 0 aromatic heterocycles. The Balaban J connectivity index is 2.27. The molecule has 1 fully saturated rings. The van der Waals surface area contributed by atoms with Gasteiger partial charge in [0, 0.05) is 39.0 Å². The third-order valence-corrected chi connectivity index (χ3v) is 4.10. The fraction of sp³-hybridized carbons (Fsp3) is 0.500. The largest absolute Gasteiger partial charge is 0.463 e. The number of benzene rings is 1. The van der Waals surface area contributed by atoms with Gasteiger partial charge < -0.3 is 23.7 Å².